The molecule has 124 valence electrons. The number of hydrogen-bond donors (Lipinski definition) is 1. The Morgan fingerprint density at radius 1 is 1.08 bits per heavy atom. The van der Waals surface area contributed by atoms with E-state index in [-0.39, 0.29) is 5.91 Å². The maximum Gasteiger partial charge on any atom is 0.259 e. The SMILES string of the molecule is O=C1Nc2c(Cn3cccn3)ccnc2N(C2CC2)c2ncccc21. The third kappa shape index (κ3) is 2.36. The number of aromatic nitrogens is 4. The molecule has 7 heteroatoms. The summed E-state index contributed by atoms with van der Waals surface area (Å²) < 4.78 is 1.83. The average Bonchev–Trinajstić information content (AvgIpc) is 3.35. The second kappa shape index (κ2) is 5.41. The Morgan fingerprint density at radius 3 is 2.76 bits per heavy atom. The number of nitrogens with zero attached hydrogens (tertiary/aromatic N) is 5. The molecule has 1 amide bonds. The molecule has 4 heterocycles. The molecule has 5 rings (SSSR count). The zero-order chi connectivity index (χ0) is 16.8. The van der Waals surface area contributed by atoms with E-state index >= 15 is 0 Å². The van der Waals surface area contributed by atoms with E-state index in [0.29, 0.717) is 24.0 Å². The summed E-state index contributed by atoms with van der Waals surface area (Å²) in [5.41, 5.74) is 2.30. The van der Waals surface area contributed by atoms with Gasteiger partial charge in [0, 0.05) is 36.4 Å². The first-order valence-electron chi connectivity index (χ1n) is 8.32. The summed E-state index contributed by atoms with van der Waals surface area (Å²) in [5.74, 6) is 1.30. The van der Waals surface area contributed by atoms with E-state index in [1.165, 1.54) is 0 Å². The Labute approximate surface area is 144 Å². The van der Waals surface area contributed by atoms with Crippen LogP contribution in [0.15, 0.2) is 49.1 Å². The second-order valence-corrected chi connectivity index (χ2v) is 6.30. The Morgan fingerprint density at radius 2 is 1.96 bits per heavy atom. The summed E-state index contributed by atoms with van der Waals surface area (Å²) >= 11 is 0. The molecule has 0 bridgehead atoms. The normalized spacial score (nSPS) is 16.0. The maximum atomic E-state index is 12.8. The van der Waals surface area contributed by atoms with Crippen LogP contribution in [0, 0.1) is 0 Å². The molecule has 3 aromatic heterocycles. The van der Waals surface area contributed by atoms with Crippen molar-refractivity contribution in [2.45, 2.75) is 25.4 Å². The van der Waals surface area contributed by atoms with Crippen molar-refractivity contribution in [3.05, 3.63) is 60.2 Å². The molecule has 0 atom stereocenters. The molecule has 0 unspecified atom stereocenters. The van der Waals surface area contributed by atoms with E-state index < -0.39 is 0 Å². The number of anilines is 3. The van der Waals surface area contributed by atoms with Gasteiger partial charge in [0.2, 0.25) is 0 Å². The van der Waals surface area contributed by atoms with Gasteiger partial charge in [0.1, 0.15) is 5.82 Å². The van der Waals surface area contributed by atoms with Gasteiger partial charge in [0.05, 0.1) is 17.8 Å². The summed E-state index contributed by atoms with van der Waals surface area (Å²) in [6.07, 6.45) is 9.31. The van der Waals surface area contributed by atoms with Crippen molar-refractivity contribution in [3.8, 4) is 0 Å². The Hall–Kier alpha value is -3.22. The van der Waals surface area contributed by atoms with Crippen LogP contribution in [0.5, 0.6) is 0 Å². The number of amides is 1. The molecule has 0 radical (unpaired) electrons. The molecule has 0 spiro atoms. The smallest absolute Gasteiger partial charge is 0.259 e. The van der Waals surface area contributed by atoms with Crippen LogP contribution in [0.2, 0.25) is 0 Å². The molecule has 1 N–H and O–H groups in total. The van der Waals surface area contributed by atoms with Crippen LogP contribution in [-0.2, 0) is 6.54 Å². The fraction of sp³-hybridized carbons (Fsp3) is 0.222. The quantitative estimate of drug-likeness (QED) is 0.798. The van der Waals surface area contributed by atoms with Crippen molar-refractivity contribution < 1.29 is 4.79 Å². The average molecular weight is 332 g/mol. The lowest BCUT2D eigenvalue weighted by atomic mass is 10.2. The first-order valence-corrected chi connectivity index (χ1v) is 8.32. The molecule has 1 aliphatic carbocycles. The standard InChI is InChI=1S/C18H16N6O/c25-18-14-3-1-7-19-16(14)24(13-4-5-13)17-15(22-18)12(6-9-20-17)11-23-10-2-8-21-23/h1-3,6-10,13H,4-5,11H2,(H,22,25). The maximum absolute atomic E-state index is 12.8. The van der Waals surface area contributed by atoms with E-state index in [0.717, 1.165) is 29.9 Å². The predicted molar refractivity (Wildman–Crippen MR) is 92.9 cm³/mol. The molecular weight excluding hydrogens is 316 g/mol. The molecule has 3 aromatic rings. The summed E-state index contributed by atoms with van der Waals surface area (Å²) in [5, 5.41) is 7.31. The van der Waals surface area contributed by atoms with Crippen LogP contribution in [0.1, 0.15) is 28.8 Å². The van der Waals surface area contributed by atoms with Crippen LogP contribution in [0.25, 0.3) is 0 Å². The number of hydrogen-bond acceptors (Lipinski definition) is 5. The molecule has 0 aromatic carbocycles. The van der Waals surface area contributed by atoms with Crippen molar-refractivity contribution in [2.24, 2.45) is 0 Å². The Kier molecular flexibility index (Phi) is 3.06. The summed E-state index contributed by atoms with van der Waals surface area (Å²) in [7, 11) is 0. The minimum Gasteiger partial charge on any atom is -0.318 e. The van der Waals surface area contributed by atoms with Gasteiger partial charge in [-0.15, -0.1) is 0 Å². The third-order valence-corrected chi connectivity index (χ3v) is 4.55. The minimum atomic E-state index is -0.151. The second-order valence-electron chi connectivity index (χ2n) is 6.30. The molecule has 1 aliphatic heterocycles. The van der Waals surface area contributed by atoms with Crippen molar-refractivity contribution >= 4 is 23.2 Å². The lowest BCUT2D eigenvalue weighted by molar-refractivity contribution is 0.102. The lowest BCUT2D eigenvalue weighted by Gasteiger charge is -2.24. The number of pyridine rings is 2. The summed E-state index contributed by atoms with van der Waals surface area (Å²) in [4.78, 5) is 24.0. The van der Waals surface area contributed by atoms with Crippen molar-refractivity contribution in [2.75, 3.05) is 10.2 Å². The fourth-order valence-electron chi connectivity index (χ4n) is 3.23. The highest BCUT2D eigenvalue weighted by atomic mass is 16.1. The number of carbonyl (C=O) groups is 1. The van der Waals surface area contributed by atoms with Gasteiger partial charge in [-0.05, 0) is 37.1 Å². The molecule has 1 fully saturated rings. The van der Waals surface area contributed by atoms with Crippen molar-refractivity contribution in [1.29, 1.82) is 0 Å². The predicted octanol–water partition coefficient (Wildman–Crippen LogP) is 2.59. The van der Waals surface area contributed by atoms with Gasteiger partial charge in [0.25, 0.3) is 5.91 Å². The van der Waals surface area contributed by atoms with Crippen LogP contribution < -0.4 is 10.2 Å². The topological polar surface area (TPSA) is 75.9 Å². The van der Waals surface area contributed by atoms with Gasteiger partial charge in [0.15, 0.2) is 5.82 Å². The van der Waals surface area contributed by atoms with Gasteiger partial charge < -0.3 is 10.2 Å². The van der Waals surface area contributed by atoms with Crippen LogP contribution in [0.4, 0.5) is 17.3 Å². The number of fused-ring (bicyclic) bond motifs is 2. The van der Waals surface area contributed by atoms with E-state index in [9.17, 15) is 4.79 Å². The first-order chi connectivity index (χ1) is 12.3. The minimum absolute atomic E-state index is 0.151. The summed E-state index contributed by atoms with van der Waals surface area (Å²) in [6, 6.07) is 7.75. The number of carbonyl (C=O) groups excluding carboxylic acids is 1. The van der Waals surface area contributed by atoms with Gasteiger partial charge in [-0.25, -0.2) is 9.97 Å². The van der Waals surface area contributed by atoms with Gasteiger partial charge in [-0.1, -0.05) is 0 Å². The molecule has 25 heavy (non-hydrogen) atoms. The first kappa shape index (κ1) is 14.2. The van der Waals surface area contributed by atoms with Crippen LogP contribution >= 0.6 is 0 Å². The zero-order valence-corrected chi connectivity index (χ0v) is 13.5. The highest BCUT2D eigenvalue weighted by molar-refractivity contribution is 6.11. The Balaban J connectivity index is 1.68. The largest absolute Gasteiger partial charge is 0.318 e. The van der Waals surface area contributed by atoms with E-state index in [2.05, 4.69) is 25.3 Å². The van der Waals surface area contributed by atoms with Gasteiger partial charge in [-0.2, -0.15) is 5.10 Å². The molecule has 0 saturated heterocycles. The van der Waals surface area contributed by atoms with Crippen molar-refractivity contribution in [3.63, 3.8) is 0 Å². The van der Waals surface area contributed by atoms with Gasteiger partial charge >= 0.3 is 0 Å². The van der Waals surface area contributed by atoms with E-state index in [1.807, 2.05) is 29.1 Å². The zero-order valence-electron chi connectivity index (χ0n) is 13.5. The fourth-order valence-corrected chi connectivity index (χ4v) is 3.23. The highest BCUT2D eigenvalue weighted by Gasteiger charge is 2.38. The molecule has 1 saturated carbocycles. The lowest BCUT2D eigenvalue weighted by Crippen LogP contribution is -2.22. The molecule has 2 aliphatic rings. The number of nitrogens with one attached hydrogen (secondary N) is 1. The van der Waals surface area contributed by atoms with Crippen LogP contribution in [-0.4, -0.2) is 31.7 Å². The monoisotopic (exact) mass is 332 g/mol. The third-order valence-electron chi connectivity index (χ3n) is 4.55. The van der Waals surface area contributed by atoms with Gasteiger partial charge in [-0.3, -0.25) is 9.48 Å². The van der Waals surface area contributed by atoms with E-state index in [4.69, 9.17) is 0 Å². The molecular formula is C18H16N6O. The van der Waals surface area contributed by atoms with Crippen molar-refractivity contribution in [1.82, 2.24) is 19.7 Å². The summed E-state index contributed by atoms with van der Waals surface area (Å²) in [6.45, 7) is 0.570. The highest BCUT2D eigenvalue weighted by Crippen LogP contribution is 2.43. The number of rotatable bonds is 3. The van der Waals surface area contributed by atoms with E-state index in [1.54, 1.807) is 24.7 Å². The molecule has 7 nitrogen and oxygen atoms in total. The van der Waals surface area contributed by atoms with Crippen LogP contribution in [0.3, 0.4) is 0 Å². The Bertz CT molecular complexity index is 948.